The predicted octanol–water partition coefficient (Wildman–Crippen LogP) is 3.60. The Kier molecular flexibility index (Phi) is 6.70. The normalized spacial score (nSPS) is 11.5. The average molecular weight is 461 g/mol. The molecule has 1 atom stereocenters. The van der Waals surface area contributed by atoms with E-state index in [0.29, 0.717) is 5.13 Å². The van der Waals surface area contributed by atoms with E-state index in [1.54, 1.807) is 0 Å². The van der Waals surface area contributed by atoms with Crippen LogP contribution in [-0.2, 0) is 16.1 Å². The van der Waals surface area contributed by atoms with Crippen molar-refractivity contribution in [3.8, 4) is 11.3 Å². The zero-order valence-electron chi connectivity index (χ0n) is 17.7. The molecule has 0 bridgehead atoms. The Labute approximate surface area is 193 Å². The molecule has 0 spiro atoms. The number of amides is 1. The van der Waals surface area contributed by atoms with E-state index in [9.17, 15) is 14.4 Å². The number of carbonyl (C=O) groups excluding carboxylic acids is 2. The summed E-state index contributed by atoms with van der Waals surface area (Å²) in [6, 6.07) is 21.4. The van der Waals surface area contributed by atoms with Crippen LogP contribution in [0.5, 0.6) is 0 Å². The molecule has 33 heavy (non-hydrogen) atoms. The van der Waals surface area contributed by atoms with Crippen molar-refractivity contribution in [2.24, 2.45) is 0 Å². The lowest BCUT2D eigenvalue weighted by molar-refractivity contribution is -0.123. The molecule has 2 aromatic heterocycles. The van der Waals surface area contributed by atoms with Gasteiger partial charge in [0, 0.05) is 17.0 Å². The molecule has 1 unspecified atom stereocenters. The third-order valence-electron chi connectivity index (χ3n) is 4.71. The first-order valence-electron chi connectivity index (χ1n) is 10.1. The van der Waals surface area contributed by atoms with Gasteiger partial charge in [0.05, 0.1) is 12.2 Å². The third kappa shape index (κ3) is 5.58. The van der Waals surface area contributed by atoms with E-state index in [0.717, 1.165) is 16.8 Å². The number of nitrogens with zero attached hydrogens (tertiary/aromatic N) is 3. The Morgan fingerprint density at radius 2 is 1.73 bits per heavy atom. The number of rotatable bonds is 7. The maximum atomic E-state index is 12.5. The molecular weight excluding hydrogens is 440 g/mol. The minimum absolute atomic E-state index is 0.0641. The second-order valence-electron chi connectivity index (χ2n) is 7.14. The molecule has 2 aromatic carbocycles. The zero-order valence-corrected chi connectivity index (χ0v) is 18.5. The number of benzene rings is 2. The molecule has 0 aliphatic carbocycles. The lowest BCUT2D eigenvalue weighted by atomic mass is 10.2. The highest BCUT2D eigenvalue weighted by Crippen LogP contribution is 2.24. The van der Waals surface area contributed by atoms with E-state index < -0.39 is 18.0 Å². The van der Waals surface area contributed by atoms with Crippen LogP contribution in [0.1, 0.15) is 23.0 Å². The Balaban J connectivity index is 1.39. The average Bonchev–Trinajstić information content (AvgIpc) is 3.30. The Morgan fingerprint density at radius 3 is 2.45 bits per heavy atom. The second-order valence-corrected chi connectivity index (χ2v) is 8.00. The highest BCUT2D eigenvalue weighted by molar-refractivity contribution is 7.14. The Bertz CT molecular complexity index is 1320. The van der Waals surface area contributed by atoms with E-state index in [2.05, 4.69) is 15.4 Å². The largest absolute Gasteiger partial charge is 0.448 e. The minimum atomic E-state index is -1.09. The van der Waals surface area contributed by atoms with Gasteiger partial charge in [-0.05, 0) is 18.6 Å². The first kappa shape index (κ1) is 22.1. The van der Waals surface area contributed by atoms with Crippen molar-refractivity contribution in [1.29, 1.82) is 0 Å². The van der Waals surface area contributed by atoms with Crippen LogP contribution >= 0.6 is 11.3 Å². The van der Waals surface area contributed by atoms with Gasteiger partial charge in [-0.15, -0.1) is 11.3 Å². The highest BCUT2D eigenvalue weighted by atomic mass is 32.1. The number of esters is 1. The van der Waals surface area contributed by atoms with Gasteiger partial charge in [0.15, 0.2) is 16.9 Å². The quantitative estimate of drug-likeness (QED) is 0.423. The van der Waals surface area contributed by atoms with Crippen LogP contribution in [0, 0.1) is 0 Å². The molecule has 9 heteroatoms. The number of aromatic nitrogens is 3. The summed E-state index contributed by atoms with van der Waals surface area (Å²) in [5.41, 5.74) is 2.13. The number of anilines is 1. The monoisotopic (exact) mass is 460 g/mol. The Hall–Kier alpha value is -4.11. The number of hydrogen-bond donors (Lipinski definition) is 1. The van der Waals surface area contributed by atoms with Gasteiger partial charge < -0.3 is 4.74 Å². The fourth-order valence-electron chi connectivity index (χ4n) is 2.98. The summed E-state index contributed by atoms with van der Waals surface area (Å²) in [5, 5.41) is 8.98. The molecule has 0 aliphatic rings. The highest BCUT2D eigenvalue weighted by Gasteiger charge is 2.21. The van der Waals surface area contributed by atoms with Crippen molar-refractivity contribution in [3.05, 3.63) is 99.8 Å². The van der Waals surface area contributed by atoms with Gasteiger partial charge in [0.2, 0.25) is 0 Å². The number of carbonyl (C=O) groups is 2. The summed E-state index contributed by atoms with van der Waals surface area (Å²) >= 11 is 1.28. The molecule has 0 aliphatic heterocycles. The van der Waals surface area contributed by atoms with E-state index in [1.807, 2.05) is 66.0 Å². The van der Waals surface area contributed by atoms with Crippen LogP contribution in [0.4, 0.5) is 5.13 Å². The van der Waals surface area contributed by atoms with Crippen LogP contribution in [0.25, 0.3) is 11.3 Å². The van der Waals surface area contributed by atoms with Crippen molar-refractivity contribution in [2.45, 2.75) is 19.6 Å². The smallest absolute Gasteiger partial charge is 0.359 e. The molecule has 4 aromatic rings. The van der Waals surface area contributed by atoms with Gasteiger partial charge in [-0.1, -0.05) is 60.7 Å². The van der Waals surface area contributed by atoms with Crippen LogP contribution in [0.2, 0.25) is 0 Å². The number of thiazole rings is 1. The first-order chi connectivity index (χ1) is 16.0. The van der Waals surface area contributed by atoms with Gasteiger partial charge in [-0.2, -0.15) is 5.10 Å². The molecule has 8 nitrogen and oxygen atoms in total. The summed E-state index contributed by atoms with van der Waals surface area (Å²) in [7, 11) is 0. The molecular formula is C24H20N4O4S. The van der Waals surface area contributed by atoms with Gasteiger partial charge in [0.25, 0.3) is 11.5 Å². The SMILES string of the molecule is CC(OC(=O)c1ccc(=O)n(Cc2ccccc2)n1)C(=O)Nc1nc(-c2ccccc2)cs1. The number of hydrogen-bond acceptors (Lipinski definition) is 7. The second kappa shape index (κ2) is 10.0. The third-order valence-corrected chi connectivity index (χ3v) is 5.47. The van der Waals surface area contributed by atoms with Crippen LogP contribution < -0.4 is 10.9 Å². The lowest BCUT2D eigenvalue weighted by Gasteiger charge is -2.12. The van der Waals surface area contributed by atoms with Crippen molar-refractivity contribution in [1.82, 2.24) is 14.8 Å². The summed E-state index contributed by atoms with van der Waals surface area (Å²) in [6.45, 7) is 1.67. The molecule has 166 valence electrons. The zero-order chi connectivity index (χ0) is 23.2. The number of nitrogens with one attached hydrogen (secondary N) is 1. The van der Waals surface area contributed by atoms with Crippen molar-refractivity contribution >= 4 is 28.3 Å². The van der Waals surface area contributed by atoms with Crippen molar-refractivity contribution < 1.29 is 14.3 Å². The molecule has 4 rings (SSSR count). The van der Waals surface area contributed by atoms with Gasteiger partial charge in [-0.25, -0.2) is 14.5 Å². The summed E-state index contributed by atoms with van der Waals surface area (Å²) in [5.74, 6) is -1.32. The van der Waals surface area contributed by atoms with Crippen molar-refractivity contribution in [3.63, 3.8) is 0 Å². The van der Waals surface area contributed by atoms with Gasteiger partial charge in [0.1, 0.15) is 0 Å². The molecule has 2 heterocycles. The fourth-order valence-corrected chi connectivity index (χ4v) is 3.70. The fraction of sp³-hybridized carbons (Fsp3) is 0.125. The summed E-state index contributed by atoms with van der Waals surface area (Å²) in [4.78, 5) is 41.5. The van der Waals surface area contributed by atoms with Crippen molar-refractivity contribution in [2.75, 3.05) is 5.32 Å². The van der Waals surface area contributed by atoms with Crippen LogP contribution in [0.15, 0.2) is 83.0 Å². The number of ether oxygens (including phenoxy) is 1. The minimum Gasteiger partial charge on any atom is -0.448 e. The van der Waals surface area contributed by atoms with Crippen LogP contribution in [0.3, 0.4) is 0 Å². The molecule has 0 saturated heterocycles. The maximum Gasteiger partial charge on any atom is 0.359 e. The molecule has 1 N–H and O–H groups in total. The summed E-state index contributed by atoms with van der Waals surface area (Å²) in [6.07, 6.45) is -1.09. The Morgan fingerprint density at radius 1 is 1.03 bits per heavy atom. The molecule has 0 saturated carbocycles. The van der Waals surface area contributed by atoms with Crippen LogP contribution in [-0.4, -0.2) is 32.7 Å². The van der Waals surface area contributed by atoms with E-state index in [1.165, 1.54) is 35.1 Å². The molecule has 1 amide bonds. The van der Waals surface area contributed by atoms with E-state index in [-0.39, 0.29) is 17.8 Å². The predicted molar refractivity (Wildman–Crippen MR) is 125 cm³/mol. The van der Waals surface area contributed by atoms with E-state index >= 15 is 0 Å². The molecule has 0 fully saturated rings. The molecule has 0 radical (unpaired) electrons. The topological polar surface area (TPSA) is 103 Å². The van der Waals surface area contributed by atoms with Gasteiger partial charge in [-0.3, -0.25) is 14.9 Å². The van der Waals surface area contributed by atoms with E-state index in [4.69, 9.17) is 4.74 Å². The summed E-state index contributed by atoms with van der Waals surface area (Å²) < 4.78 is 6.43. The lowest BCUT2D eigenvalue weighted by Crippen LogP contribution is -2.31. The van der Waals surface area contributed by atoms with Gasteiger partial charge >= 0.3 is 5.97 Å². The standard InChI is InChI=1S/C24H20N4O4S/c1-16(22(30)26-24-25-20(15-33-24)18-10-6-3-7-11-18)32-23(31)19-12-13-21(29)28(27-19)14-17-8-4-2-5-9-17/h2-13,15-16H,14H2,1H3,(H,25,26,30). The maximum absolute atomic E-state index is 12.5. The first-order valence-corrected chi connectivity index (χ1v) is 11.0.